The normalized spacial score (nSPS) is 18.2. The predicted octanol–water partition coefficient (Wildman–Crippen LogP) is 2.63. The van der Waals surface area contributed by atoms with E-state index in [-0.39, 0.29) is 5.60 Å². The smallest absolute Gasteiger partial charge is 0.0653 e. The Hall–Kier alpha value is -1.28. The van der Waals surface area contributed by atoms with E-state index < -0.39 is 0 Å². The molecule has 1 saturated carbocycles. The van der Waals surface area contributed by atoms with Gasteiger partial charge >= 0.3 is 0 Å². The molecule has 1 fully saturated rings. The number of aryl methyl sites for hydroxylation is 1. The van der Waals surface area contributed by atoms with Crippen LogP contribution in [0.15, 0.2) is 30.5 Å². The van der Waals surface area contributed by atoms with Crippen molar-refractivity contribution in [2.24, 2.45) is 0 Å². The minimum Gasteiger partial charge on any atom is -0.390 e. The summed E-state index contributed by atoms with van der Waals surface area (Å²) >= 11 is 0. The molecule has 2 aromatic rings. The maximum Gasteiger partial charge on any atom is 0.0653 e. The van der Waals surface area contributed by atoms with Crippen molar-refractivity contribution in [1.82, 2.24) is 4.98 Å². The lowest BCUT2D eigenvalue weighted by molar-refractivity contribution is 0.140. The Labute approximate surface area is 88.9 Å². The number of aromatic nitrogens is 1. The average Bonchev–Trinajstić information content (AvgIpc) is 2.80. The first kappa shape index (κ1) is 8.98. The minimum atomic E-state index is -0.339. The quantitative estimate of drug-likeness (QED) is 0.786. The number of rotatable bonds is 3. The van der Waals surface area contributed by atoms with Gasteiger partial charge in [-0.3, -0.25) is 0 Å². The van der Waals surface area contributed by atoms with Crippen LogP contribution in [0.5, 0.6) is 0 Å². The zero-order valence-corrected chi connectivity index (χ0v) is 8.66. The highest BCUT2D eigenvalue weighted by Gasteiger charge is 2.39. The molecule has 78 valence electrons. The summed E-state index contributed by atoms with van der Waals surface area (Å²) in [7, 11) is 0. The van der Waals surface area contributed by atoms with E-state index in [2.05, 4.69) is 29.2 Å². The number of hydrogen-bond donors (Lipinski definition) is 2. The molecule has 2 heteroatoms. The number of nitrogens with one attached hydrogen (secondary N) is 1. The second-order valence-electron chi connectivity index (χ2n) is 4.58. The molecule has 0 bridgehead atoms. The van der Waals surface area contributed by atoms with Gasteiger partial charge in [0.25, 0.3) is 0 Å². The maximum absolute atomic E-state index is 9.80. The van der Waals surface area contributed by atoms with Gasteiger partial charge in [0.05, 0.1) is 5.60 Å². The molecular weight excluding hydrogens is 186 g/mol. The Morgan fingerprint density at radius 2 is 2.13 bits per heavy atom. The summed E-state index contributed by atoms with van der Waals surface area (Å²) in [6.45, 7) is 0. The number of H-pyrrole nitrogens is 1. The van der Waals surface area contributed by atoms with Crippen molar-refractivity contribution >= 4 is 10.9 Å². The number of aliphatic hydroxyl groups is 1. The summed E-state index contributed by atoms with van der Waals surface area (Å²) in [5, 5.41) is 11.1. The molecule has 1 aliphatic carbocycles. The van der Waals surface area contributed by atoms with Gasteiger partial charge in [0, 0.05) is 11.7 Å². The summed E-state index contributed by atoms with van der Waals surface area (Å²) < 4.78 is 0. The number of aromatic amines is 1. The van der Waals surface area contributed by atoms with Crippen LogP contribution >= 0.6 is 0 Å². The lowest BCUT2D eigenvalue weighted by atomic mass is 10.0. The molecule has 0 radical (unpaired) electrons. The number of para-hydroxylation sites is 1. The van der Waals surface area contributed by atoms with Crippen molar-refractivity contribution in [3.05, 3.63) is 36.0 Å². The molecule has 0 aliphatic heterocycles. The molecule has 1 aromatic heterocycles. The average molecular weight is 201 g/mol. The third-order valence-corrected chi connectivity index (χ3v) is 3.36. The first-order valence-electron chi connectivity index (χ1n) is 5.54. The van der Waals surface area contributed by atoms with E-state index in [4.69, 9.17) is 0 Å². The summed E-state index contributed by atoms with van der Waals surface area (Å²) in [5.41, 5.74) is 2.20. The molecule has 1 aliphatic rings. The number of benzene rings is 1. The lowest BCUT2D eigenvalue weighted by Crippen LogP contribution is -2.07. The second kappa shape index (κ2) is 3.11. The Kier molecular flexibility index (Phi) is 1.86. The Morgan fingerprint density at radius 3 is 2.93 bits per heavy atom. The van der Waals surface area contributed by atoms with Crippen LogP contribution in [0.2, 0.25) is 0 Å². The topological polar surface area (TPSA) is 36.0 Å². The SMILES string of the molecule is OC1(CCc2cccc3cc[nH]c23)CC1. The van der Waals surface area contributed by atoms with Gasteiger partial charge in [0.15, 0.2) is 0 Å². The third-order valence-electron chi connectivity index (χ3n) is 3.36. The molecule has 15 heavy (non-hydrogen) atoms. The van der Waals surface area contributed by atoms with Crippen LogP contribution in [0.4, 0.5) is 0 Å². The molecule has 0 spiro atoms. The first-order chi connectivity index (χ1) is 7.27. The van der Waals surface area contributed by atoms with Crippen molar-refractivity contribution in [1.29, 1.82) is 0 Å². The van der Waals surface area contributed by atoms with E-state index in [0.29, 0.717) is 0 Å². The molecule has 3 rings (SSSR count). The highest BCUT2D eigenvalue weighted by atomic mass is 16.3. The van der Waals surface area contributed by atoms with Gasteiger partial charge < -0.3 is 10.1 Å². The summed E-state index contributed by atoms with van der Waals surface area (Å²) in [5.74, 6) is 0. The van der Waals surface area contributed by atoms with Crippen molar-refractivity contribution in [2.45, 2.75) is 31.3 Å². The van der Waals surface area contributed by atoms with Gasteiger partial charge in [-0.2, -0.15) is 0 Å². The second-order valence-corrected chi connectivity index (χ2v) is 4.58. The summed E-state index contributed by atoms with van der Waals surface area (Å²) in [4.78, 5) is 3.26. The molecule has 1 aromatic carbocycles. The van der Waals surface area contributed by atoms with E-state index in [1.807, 2.05) is 6.20 Å². The molecule has 0 unspecified atom stereocenters. The highest BCUT2D eigenvalue weighted by molar-refractivity contribution is 5.82. The molecule has 0 saturated heterocycles. The highest BCUT2D eigenvalue weighted by Crippen LogP contribution is 2.39. The van der Waals surface area contributed by atoms with Crippen LogP contribution in [0.25, 0.3) is 10.9 Å². The Morgan fingerprint density at radius 1 is 1.27 bits per heavy atom. The zero-order chi connectivity index (χ0) is 10.3. The van der Waals surface area contributed by atoms with Crippen molar-refractivity contribution in [3.63, 3.8) is 0 Å². The fourth-order valence-corrected chi connectivity index (χ4v) is 2.12. The van der Waals surface area contributed by atoms with Gasteiger partial charge in [-0.1, -0.05) is 18.2 Å². The van der Waals surface area contributed by atoms with Crippen LogP contribution in [0, 0.1) is 0 Å². The Balaban J connectivity index is 1.86. The third kappa shape index (κ3) is 1.65. The van der Waals surface area contributed by atoms with E-state index in [1.54, 1.807) is 0 Å². The number of hydrogen-bond acceptors (Lipinski definition) is 1. The molecular formula is C13H15NO. The van der Waals surface area contributed by atoms with Crippen LogP contribution in [-0.2, 0) is 6.42 Å². The molecule has 1 heterocycles. The summed E-state index contributed by atoms with van der Waals surface area (Å²) in [6.07, 6.45) is 5.79. The van der Waals surface area contributed by atoms with E-state index in [9.17, 15) is 5.11 Å². The monoisotopic (exact) mass is 201 g/mol. The van der Waals surface area contributed by atoms with Gasteiger partial charge in [-0.15, -0.1) is 0 Å². The van der Waals surface area contributed by atoms with E-state index in [0.717, 1.165) is 25.7 Å². The van der Waals surface area contributed by atoms with Crippen molar-refractivity contribution in [3.8, 4) is 0 Å². The van der Waals surface area contributed by atoms with E-state index in [1.165, 1.54) is 16.5 Å². The van der Waals surface area contributed by atoms with Crippen molar-refractivity contribution in [2.75, 3.05) is 0 Å². The van der Waals surface area contributed by atoms with Gasteiger partial charge in [0.1, 0.15) is 0 Å². The zero-order valence-electron chi connectivity index (χ0n) is 8.66. The van der Waals surface area contributed by atoms with Crippen LogP contribution in [-0.4, -0.2) is 15.7 Å². The largest absolute Gasteiger partial charge is 0.390 e. The number of fused-ring (bicyclic) bond motifs is 1. The minimum absolute atomic E-state index is 0.339. The molecule has 2 N–H and O–H groups in total. The Bertz CT molecular complexity index is 482. The van der Waals surface area contributed by atoms with Gasteiger partial charge in [0.2, 0.25) is 0 Å². The van der Waals surface area contributed by atoms with Crippen LogP contribution in [0.1, 0.15) is 24.8 Å². The fourth-order valence-electron chi connectivity index (χ4n) is 2.12. The maximum atomic E-state index is 9.80. The molecule has 0 atom stereocenters. The molecule has 2 nitrogen and oxygen atoms in total. The van der Waals surface area contributed by atoms with E-state index >= 15 is 0 Å². The summed E-state index contributed by atoms with van der Waals surface area (Å²) in [6, 6.07) is 8.43. The van der Waals surface area contributed by atoms with Gasteiger partial charge in [-0.05, 0) is 42.7 Å². The lowest BCUT2D eigenvalue weighted by Gasteiger charge is -2.07. The fraction of sp³-hybridized carbons (Fsp3) is 0.385. The van der Waals surface area contributed by atoms with Gasteiger partial charge in [-0.25, -0.2) is 0 Å². The molecule has 0 amide bonds. The standard InChI is InChI=1S/C13H15NO/c15-13(7-8-13)6-4-10-2-1-3-11-5-9-14-12(10)11/h1-3,5,9,14-15H,4,6-8H2. The predicted molar refractivity (Wildman–Crippen MR) is 60.8 cm³/mol. The van der Waals surface area contributed by atoms with Crippen molar-refractivity contribution < 1.29 is 5.11 Å². The first-order valence-corrected chi connectivity index (χ1v) is 5.54. The van der Waals surface area contributed by atoms with Crippen LogP contribution in [0.3, 0.4) is 0 Å². The van der Waals surface area contributed by atoms with Crippen LogP contribution < -0.4 is 0 Å².